The predicted octanol–water partition coefficient (Wildman–Crippen LogP) is 4.19. The molecule has 2 N–H and O–H groups in total. The smallest absolute Gasteiger partial charge is 0.151 e. The Morgan fingerprint density at radius 1 is 1.00 bits per heavy atom. The molecule has 0 unspecified atom stereocenters. The fraction of sp³-hybridized carbons (Fsp3) is 0.480. The van der Waals surface area contributed by atoms with Crippen LogP contribution in [0.1, 0.15) is 51.7 Å². The van der Waals surface area contributed by atoms with Gasteiger partial charge in [0.25, 0.3) is 0 Å². The Morgan fingerprint density at radius 3 is 2.41 bits per heavy atom. The van der Waals surface area contributed by atoms with Gasteiger partial charge >= 0.3 is 0 Å². The van der Waals surface area contributed by atoms with Crippen molar-refractivity contribution in [2.45, 2.75) is 64.1 Å². The average Bonchev–Trinajstić information content (AvgIpc) is 3.31. The highest BCUT2D eigenvalue weighted by molar-refractivity contribution is 5.81. The average molecular weight is 433 g/mol. The highest BCUT2D eigenvalue weighted by atomic mass is 16.5. The van der Waals surface area contributed by atoms with Crippen LogP contribution in [0.5, 0.6) is 5.75 Å². The summed E-state index contributed by atoms with van der Waals surface area (Å²) in [6.07, 6.45) is 4.89. The van der Waals surface area contributed by atoms with Crippen LogP contribution in [0, 0.1) is 0 Å². The standard InChI is InChI=1S/C25H32N6O/c1-24(2)12-17(13-25(3,4)30-24)31(5)22-8-7-20(27-28-22)19-10-15-9-16-14-26-29-23(16)18(15)11-21(19)32-6/h7-8,10-11,14,17,30H,9,12-13H2,1-6H3,(H,26,29). The number of nitrogens with one attached hydrogen (secondary N) is 2. The molecular formula is C25H32N6O. The quantitative estimate of drug-likeness (QED) is 0.503. The van der Waals surface area contributed by atoms with Gasteiger partial charge in [0.05, 0.1) is 24.7 Å². The molecule has 0 bridgehead atoms. The molecule has 168 valence electrons. The van der Waals surface area contributed by atoms with Crippen molar-refractivity contribution < 1.29 is 4.74 Å². The first-order chi connectivity index (χ1) is 15.2. The minimum atomic E-state index is 0.0831. The first kappa shape index (κ1) is 20.9. The van der Waals surface area contributed by atoms with Gasteiger partial charge in [-0.25, -0.2) is 0 Å². The zero-order chi connectivity index (χ0) is 22.7. The number of H-pyrrole nitrogens is 1. The number of nitrogens with zero attached hydrogens (tertiary/aromatic N) is 4. The van der Waals surface area contributed by atoms with Crippen LogP contribution in [0.2, 0.25) is 0 Å². The molecule has 2 aromatic heterocycles. The third-order valence-electron chi connectivity index (χ3n) is 6.80. The third-order valence-corrected chi connectivity index (χ3v) is 6.80. The first-order valence-electron chi connectivity index (χ1n) is 11.3. The molecule has 7 heteroatoms. The maximum absolute atomic E-state index is 5.72. The Kier molecular flexibility index (Phi) is 4.78. The van der Waals surface area contributed by atoms with Gasteiger partial charge in [-0.15, -0.1) is 10.2 Å². The van der Waals surface area contributed by atoms with E-state index in [2.05, 4.69) is 89.6 Å². The Labute approximate surface area is 189 Å². The van der Waals surface area contributed by atoms with E-state index in [1.54, 1.807) is 7.11 Å². The SMILES string of the molecule is COc1cc2c(cc1-c1ccc(N(C)C3CC(C)(C)NC(C)(C)C3)nn1)Cc1cn[nH]c1-2. The van der Waals surface area contributed by atoms with E-state index in [0.29, 0.717) is 6.04 Å². The Morgan fingerprint density at radius 2 is 1.75 bits per heavy atom. The van der Waals surface area contributed by atoms with E-state index in [1.165, 1.54) is 11.1 Å². The largest absolute Gasteiger partial charge is 0.496 e. The maximum Gasteiger partial charge on any atom is 0.151 e. The van der Waals surface area contributed by atoms with Gasteiger partial charge in [0.15, 0.2) is 5.82 Å². The molecular weight excluding hydrogens is 400 g/mol. The van der Waals surface area contributed by atoms with E-state index in [1.807, 2.05) is 6.20 Å². The number of aromatic amines is 1. The number of hydrogen-bond acceptors (Lipinski definition) is 6. The Balaban J connectivity index is 1.42. The fourth-order valence-electron chi connectivity index (χ4n) is 5.64. The molecule has 3 aromatic rings. The van der Waals surface area contributed by atoms with Crippen LogP contribution < -0.4 is 15.0 Å². The number of piperidine rings is 1. The molecule has 0 amide bonds. The van der Waals surface area contributed by atoms with Gasteiger partial charge in [-0.05, 0) is 70.4 Å². The Hall–Kier alpha value is -2.93. The maximum atomic E-state index is 5.72. The van der Waals surface area contributed by atoms with E-state index >= 15 is 0 Å². The van der Waals surface area contributed by atoms with E-state index in [4.69, 9.17) is 4.74 Å². The van der Waals surface area contributed by atoms with Crippen LogP contribution in [0.4, 0.5) is 5.82 Å². The van der Waals surface area contributed by atoms with Crippen molar-refractivity contribution in [3.8, 4) is 28.3 Å². The molecule has 1 aromatic carbocycles. The van der Waals surface area contributed by atoms with Crippen molar-refractivity contribution in [2.75, 3.05) is 19.1 Å². The molecule has 1 aliphatic heterocycles. The summed E-state index contributed by atoms with van der Waals surface area (Å²) in [5.41, 5.74) is 6.66. The van der Waals surface area contributed by atoms with E-state index < -0.39 is 0 Å². The highest BCUT2D eigenvalue weighted by Gasteiger charge is 2.39. The molecule has 2 aliphatic rings. The second-order valence-electron chi connectivity index (χ2n) is 10.5. The molecule has 1 fully saturated rings. The summed E-state index contributed by atoms with van der Waals surface area (Å²) in [6, 6.07) is 8.78. The van der Waals surface area contributed by atoms with Crippen molar-refractivity contribution in [3.63, 3.8) is 0 Å². The van der Waals surface area contributed by atoms with Gasteiger partial charge in [0.2, 0.25) is 0 Å². The summed E-state index contributed by atoms with van der Waals surface area (Å²) in [5, 5.41) is 20.2. The summed E-state index contributed by atoms with van der Waals surface area (Å²) < 4.78 is 5.72. The van der Waals surface area contributed by atoms with Gasteiger partial charge in [-0.2, -0.15) is 5.10 Å². The number of hydrogen-bond donors (Lipinski definition) is 2. The molecule has 0 radical (unpaired) electrons. The van der Waals surface area contributed by atoms with Crippen molar-refractivity contribution in [1.82, 2.24) is 25.7 Å². The number of methoxy groups -OCH3 is 1. The summed E-state index contributed by atoms with van der Waals surface area (Å²) >= 11 is 0. The molecule has 0 saturated carbocycles. The summed E-state index contributed by atoms with van der Waals surface area (Å²) in [7, 11) is 3.83. The highest BCUT2D eigenvalue weighted by Crippen LogP contribution is 2.42. The van der Waals surface area contributed by atoms with Crippen LogP contribution in [-0.2, 0) is 6.42 Å². The number of rotatable bonds is 4. The lowest BCUT2D eigenvalue weighted by Gasteiger charge is -2.49. The normalized spacial score (nSPS) is 18.8. The molecule has 7 nitrogen and oxygen atoms in total. The monoisotopic (exact) mass is 432 g/mol. The zero-order valence-corrected chi connectivity index (χ0v) is 19.8. The Bertz CT molecular complexity index is 1130. The van der Waals surface area contributed by atoms with Gasteiger partial charge in [0.1, 0.15) is 5.75 Å². The third kappa shape index (κ3) is 3.64. The van der Waals surface area contributed by atoms with E-state index in [-0.39, 0.29) is 11.1 Å². The molecule has 32 heavy (non-hydrogen) atoms. The molecule has 1 aliphatic carbocycles. The van der Waals surface area contributed by atoms with Gasteiger partial charge in [-0.3, -0.25) is 5.10 Å². The predicted molar refractivity (Wildman–Crippen MR) is 127 cm³/mol. The second-order valence-corrected chi connectivity index (χ2v) is 10.5. The molecule has 1 saturated heterocycles. The van der Waals surface area contributed by atoms with Crippen LogP contribution in [0.15, 0.2) is 30.5 Å². The lowest BCUT2D eigenvalue weighted by molar-refractivity contribution is 0.160. The van der Waals surface area contributed by atoms with Crippen molar-refractivity contribution in [2.24, 2.45) is 0 Å². The number of fused-ring (bicyclic) bond motifs is 3. The zero-order valence-electron chi connectivity index (χ0n) is 19.8. The molecule has 5 rings (SSSR count). The van der Waals surface area contributed by atoms with Crippen LogP contribution in [-0.4, -0.2) is 51.7 Å². The first-order valence-corrected chi connectivity index (χ1v) is 11.3. The minimum Gasteiger partial charge on any atom is -0.496 e. The van der Waals surface area contributed by atoms with Gasteiger partial charge in [0, 0.05) is 47.3 Å². The molecule has 0 atom stereocenters. The van der Waals surface area contributed by atoms with Crippen LogP contribution in [0.3, 0.4) is 0 Å². The molecule has 0 spiro atoms. The molecule has 3 heterocycles. The van der Waals surface area contributed by atoms with Gasteiger partial charge < -0.3 is 15.0 Å². The lowest BCUT2D eigenvalue weighted by atomic mass is 9.79. The second kappa shape index (κ2) is 7.30. The van der Waals surface area contributed by atoms with Crippen molar-refractivity contribution in [1.29, 1.82) is 0 Å². The summed E-state index contributed by atoms with van der Waals surface area (Å²) in [5.74, 6) is 1.69. The number of aromatic nitrogens is 4. The number of ether oxygens (including phenoxy) is 1. The topological polar surface area (TPSA) is 79.0 Å². The lowest BCUT2D eigenvalue weighted by Crippen LogP contribution is -2.62. The fourth-order valence-corrected chi connectivity index (χ4v) is 5.64. The number of benzene rings is 1. The minimum absolute atomic E-state index is 0.0831. The van der Waals surface area contributed by atoms with Crippen LogP contribution in [0.25, 0.3) is 22.5 Å². The number of anilines is 1. The van der Waals surface area contributed by atoms with E-state index in [9.17, 15) is 0 Å². The summed E-state index contributed by atoms with van der Waals surface area (Å²) in [6.45, 7) is 9.09. The van der Waals surface area contributed by atoms with Crippen molar-refractivity contribution in [3.05, 3.63) is 41.6 Å². The van der Waals surface area contributed by atoms with Gasteiger partial charge in [-0.1, -0.05) is 0 Å². The summed E-state index contributed by atoms with van der Waals surface area (Å²) in [4.78, 5) is 2.28. The van der Waals surface area contributed by atoms with E-state index in [0.717, 1.165) is 53.3 Å². The van der Waals surface area contributed by atoms with Crippen molar-refractivity contribution >= 4 is 5.82 Å². The van der Waals surface area contributed by atoms with Crippen LogP contribution >= 0.6 is 0 Å².